The predicted octanol–water partition coefficient (Wildman–Crippen LogP) is 5.73. The molecule has 134 valence electrons. The largest absolute Gasteiger partial charge is 0.283 e. The fraction of sp³-hybridized carbons (Fsp3) is 0.316. The highest BCUT2D eigenvalue weighted by Crippen LogP contribution is 2.39. The molecule has 7 heteroatoms. The van der Waals surface area contributed by atoms with Gasteiger partial charge in [0.2, 0.25) is 0 Å². The van der Waals surface area contributed by atoms with Gasteiger partial charge in [0.05, 0.1) is 15.6 Å². The average molecular weight is 404 g/mol. The summed E-state index contributed by atoms with van der Waals surface area (Å²) in [5.74, 6) is 0.0548. The van der Waals surface area contributed by atoms with Crippen LogP contribution in [0.15, 0.2) is 45.9 Å². The van der Waals surface area contributed by atoms with Gasteiger partial charge in [-0.15, -0.1) is 11.3 Å². The number of hydrogen-bond donors (Lipinski definition) is 0. The third kappa shape index (κ3) is 3.72. The van der Waals surface area contributed by atoms with Crippen molar-refractivity contribution in [3.8, 4) is 0 Å². The van der Waals surface area contributed by atoms with E-state index in [1.807, 2.05) is 28.5 Å². The number of amidine groups is 1. The topological polar surface area (TPSA) is 45.6 Å². The molecule has 1 aliphatic heterocycles. The smallest absolute Gasteiger partial charge is 0.267 e. The minimum atomic E-state index is 0.0548. The summed E-state index contributed by atoms with van der Waals surface area (Å²) >= 11 is 9.29. The molecular formula is C19H18ClN3OS2. The first-order valence-electron chi connectivity index (χ1n) is 8.67. The first-order chi connectivity index (χ1) is 12.7. The highest BCUT2D eigenvalue weighted by molar-refractivity contribution is 8.18. The summed E-state index contributed by atoms with van der Waals surface area (Å²) in [7, 11) is 0. The normalized spacial score (nSPS) is 21.9. The van der Waals surface area contributed by atoms with Crippen LogP contribution in [0.1, 0.15) is 37.0 Å². The SMILES string of the molecule is O=C1/C(=C\c2cccs2)SC(=Nc2ccncc2Cl)N1C1CCCCC1. The van der Waals surface area contributed by atoms with Crippen LogP contribution in [0.5, 0.6) is 0 Å². The zero-order chi connectivity index (χ0) is 17.9. The first kappa shape index (κ1) is 17.8. The van der Waals surface area contributed by atoms with Crippen molar-refractivity contribution < 1.29 is 4.79 Å². The van der Waals surface area contributed by atoms with Gasteiger partial charge >= 0.3 is 0 Å². The Morgan fingerprint density at radius 3 is 2.85 bits per heavy atom. The van der Waals surface area contributed by atoms with Crippen LogP contribution >= 0.6 is 34.7 Å². The van der Waals surface area contributed by atoms with Crippen LogP contribution in [0, 0.1) is 0 Å². The molecule has 3 heterocycles. The average Bonchev–Trinajstić information content (AvgIpc) is 3.27. The molecule has 4 rings (SSSR count). The molecule has 0 unspecified atom stereocenters. The Balaban J connectivity index is 1.71. The number of carbonyl (C=O) groups excluding carboxylic acids is 1. The van der Waals surface area contributed by atoms with Crippen molar-refractivity contribution in [1.29, 1.82) is 0 Å². The lowest BCUT2D eigenvalue weighted by Gasteiger charge is -2.30. The summed E-state index contributed by atoms with van der Waals surface area (Å²) in [6.45, 7) is 0. The van der Waals surface area contributed by atoms with Crippen LogP contribution in [0.25, 0.3) is 6.08 Å². The number of pyridine rings is 1. The van der Waals surface area contributed by atoms with E-state index in [4.69, 9.17) is 16.6 Å². The Kier molecular flexibility index (Phi) is 5.43. The van der Waals surface area contributed by atoms with Crippen molar-refractivity contribution in [2.45, 2.75) is 38.1 Å². The predicted molar refractivity (Wildman–Crippen MR) is 110 cm³/mol. The third-order valence-electron chi connectivity index (χ3n) is 4.56. The summed E-state index contributed by atoms with van der Waals surface area (Å²) in [6.07, 6.45) is 10.8. The molecule has 26 heavy (non-hydrogen) atoms. The third-order valence-corrected chi connectivity index (χ3v) is 6.65. The molecule has 0 bridgehead atoms. The van der Waals surface area contributed by atoms with Gasteiger partial charge in [0.15, 0.2) is 5.17 Å². The Morgan fingerprint density at radius 2 is 2.12 bits per heavy atom. The number of thioether (sulfide) groups is 1. The number of rotatable bonds is 3. The van der Waals surface area contributed by atoms with Gasteiger partial charge in [0, 0.05) is 23.3 Å². The van der Waals surface area contributed by atoms with Crippen LogP contribution in [0.3, 0.4) is 0 Å². The van der Waals surface area contributed by atoms with E-state index in [1.165, 1.54) is 18.2 Å². The van der Waals surface area contributed by atoms with Crippen LogP contribution < -0.4 is 0 Å². The molecule has 2 aromatic heterocycles. The Labute approximate surface area is 166 Å². The maximum absolute atomic E-state index is 13.1. The van der Waals surface area contributed by atoms with E-state index in [2.05, 4.69) is 4.98 Å². The van der Waals surface area contributed by atoms with Gasteiger partial charge in [0.1, 0.15) is 0 Å². The zero-order valence-electron chi connectivity index (χ0n) is 14.1. The standard InChI is InChI=1S/C19H18ClN3OS2/c20-15-12-21-9-8-16(15)22-19-23(13-5-2-1-3-6-13)18(24)17(26-19)11-14-7-4-10-25-14/h4,7-13H,1-3,5-6H2/b17-11+,22-19?. The van der Waals surface area contributed by atoms with Crippen molar-refractivity contribution in [3.05, 3.63) is 50.8 Å². The molecule has 4 nitrogen and oxygen atoms in total. The van der Waals surface area contributed by atoms with E-state index >= 15 is 0 Å². The van der Waals surface area contributed by atoms with Gasteiger partial charge in [0.25, 0.3) is 5.91 Å². The monoisotopic (exact) mass is 403 g/mol. The lowest BCUT2D eigenvalue weighted by molar-refractivity contribution is -0.124. The number of amides is 1. The fourth-order valence-corrected chi connectivity index (χ4v) is 5.23. The van der Waals surface area contributed by atoms with Crippen LogP contribution in [-0.2, 0) is 4.79 Å². The lowest BCUT2D eigenvalue weighted by Crippen LogP contribution is -2.40. The molecule has 2 aliphatic rings. The first-order valence-corrected chi connectivity index (χ1v) is 10.7. The highest BCUT2D eigenvalue weighted by atomic mass is 35.5. The van der Waals surface area contributed by atoms with E-state index in [9.17, 15) is 4.79 Å². The molecule has 2 aromatic rings. The van der Waals surface area contributed by atoms with Gasteiger partial charge in [-0.25, -0.2) is 4.99 Å². The summed E-state index contributed by atoms with van der Waals surface area (Å²) in [4.78, 5) is 25.6. The van der Waals surface area contributed by atoms with Gasteiger partial charge in [-0.05, 0) is 48.2 Å². The summed E-state index contributed by atoms with van der Waals surface area (Å²) in [5, 5.41) is 3.23. The lowest BCUT2D eigenvalue weighted by atomic mass is 9.94. The number of thiophene rings is 1. The molecule has 0 N–H and O–H groups in total. The van der Waals surface area contributed by atoms with Crippen molar-refractivity contribution in [3.63, 3.8) is 0 Å². The van der Waals surface area contributed by atoms with Crippen LogP contribution in [0.2, 0.25) is 5.02 Å². The second-order valence-electron chi connectivity index (χ2n) is 6.31. The second kappa shape index (κ2) is 7.94. The van der Waals surface area contributed by atoms with Gasteiger partial charge in [-0.2, -0.15) is 0 Å². The number of carbonyl (C=O) groups is 1. The number of aliphatic imine (C=N–C) groups is 1. The van der Waals surface area contributed by atoms with E-state index in [0.29, 0.717) is 10.7 Å². The number of halogens is 1. The van der Waals surface area contributed by atoms with E-state index < -0.39 is 0 Å². The highest BCUT2D eigenvalue weighted by Gasteiger charge is 2.38. The van der Waals surface area contributed by atoms with Crippen LogP contribution in [0.4, 0.5) is 5.69 Å². The van der Waals surface area contributed by atoms with Crippen molar-refractivity contribution in [1.82, 2.24) is 9.88 Å². The quantitative estimate of drug-likeness (QED) is 0.614. The van der Waals surface area contributed by atoms with E-state index in [1.54, 1.807) is 29.8 Å². The maximum atomic E-state index is 13.1. The molecule has 1 saturated heterocycles. The van der Waals surface area contributed by atoms with Gasteiger partial charge in [-0.1, -0.05) is 36.9 Å². The molecule has 2 fully saturated rings. The van der Waals surface area contributed by atoms with Crippen molar-refractivity contribution in [2.75, 3.05) is 0 Å². The van der Waals surface area contributed by atoms with E-state index in [-0.39, 0.29) is 11.9 Å². The maximum Gasteiger partial charge on any atom is 0.267 e. The fourth-order valence-electron chi connectivity index (χ4n) is 3.29. The molecule has 0 aromatic carbocycles. The zero-order valence-corrected chi connectivity index (χ0v) is 16.5. The van der Waals surface area contributed by atoms with Crippen molar-refractivity contribution >= 4 is 57.5 Å². The molecule has 1 aliphatic carbocycles. The summed E-state index contributed by atoms with van der Waals surface area (Å²) < 4.78 is 0. The second-order valence-corrected chi connectivity index (χ2v) is 8.71. The minimum Gasteiger partial charge on any atom is -0.283 e. The van der Waals surface area contributed by atoms with Gasteiger partial charge < -0.3 is 0 Å². The molecular weight excluding hydrogens is 386 g/mol. The Morgan fingerprint density at radius 1 is 1.27 bits per heavy atom. The molecule has 0 radical (unpaired) electrons. The number of nitrogens with zero attached hydrogens (tertiary/aromatic N) is 3. The Hall–Kier alpha value is -1.63. The van der Waals surface area contributed by atoms with Crippen LogP contribution in [-0.4, -0.2) is 27.0 Å². The molecule has 1 amide bonds. The summed E-state index contributed by atoms with van der Waals surface area (Å²) in [5.41, 5.74) is 0.648. The van der Waals surface area contributed by atoms with E-state index in [0.717, 1.165) is 40.6 Å². The Bertz CT molecular complexity index is 857. The minimum absolute atomic E-state index is 0.0548. The molecule has 0 atom stereocenters. The molecule has 0 spiro atoms. The van der Waals surface area contributed by atoms with Crippen molar-refractivity contribution in [2.24, 2.45) is 4.99 Å². The molecule has 1 saturated carbocycles. The summed E-state index contributed by atoms with van der Waals surface area (Å²) in [6, 6.07) is 6.01. The number of aromatic nitrogens is 1. The number of hydrogen-bond acceptors (Lipinski definition) is 5. The van der Waals surface area contributed by atoms with Gasteiger partial charge in [-0.3, -0.25) is 14.7 Å².